The Morgan fingerprint density at radius 3 is 2.07 bits per heavy atom. The minimum atomic E-state index is -0.0472. The third kappa shape index (κ3) is 2.95. The predicted molar refractivity (Wildman–Crippen MR) is 114 cm³/mol. The largest absolute Gasteiger partial charge is 0.362 e. The van der Waals surface area contributed by atoms with Crippen molar-refractivity contribution in [1.82, 2.24) is 9.55 Å². The summed E-state index contributed by atoms with van der Waals surface area (Å²) in [7, 11) is 0. The second kappa shape index (κ2) is 5.98. The zero-order valence-corrected chi connectivity index (χ0v) is 17.2. The summed E-state index contributed by atoms with van der Waals surface area (Å²) in [6.07, 6.45) is 2.00. The summed E-state index contributed by atoms with van der Waals surface area (Å²) in [5, 5.41) is 0. The van der Waals surface area contributed by atoms with E-state index in [-0.39, 0.29) is 11.1 Å². The second-order valence-electron chi connectivity index (χ2n) is 9.41. The molecule has 3 heteroatoms. The Hall–Kier alpha value is -2.55. The molecule has 1 aliphatic heterocycles. The zero-order valence-electron chi connectivity index (χ0n) is 17.2. The highest BCUT2D eigenvalue weighted by atomic mass is 15.2. The molecule has 0 amide bonds. The Kier molecular flexibility index (Phi) is 3.95. The summed E-state index contributed by atoms with van der Waals surface area (Å²) in [6.45, 7) is 14.5. The fraction of sp³-hybridized carbons (Fsp3) is 0.375. The van der Waals surface area contributed by atoms with Crippen LogP contribution in [-0.4, -0.2) is 15.1 Å². The predicted octanol–water partition coefficient (Wildman–Crippen LogP) is 6.09. The average Bonchev–Trinajstić information content (AvgIpc) is 3.02. The van der Waals surface area contributed by atoms with Gasteiger partial charge >= 0.3 is 0 Å². The molecule has 0 fully saturated rings. The van der Waals surface area contributed by atoms with E-state index in [1.165, 1.54) is 28.1 Å². The van der Waals surface area contributed by atoms with E-state index in [4.69, 9.17) is 4.98 Å². The highest BCUT2D eigenvalue weighted by molar-refractivity contribution is 5.89. The van der Waals surface area contributed by atoms with E-state index >= 15 is 0 Å². The van der Waals surface area contributed by atoms with Gasteiger partial charge in [0.2, 0.25) is 0 Å². The first-order chi connectivity index (χ1) is 12.7. The molecule has 0 bridgehead atoms. The molecule has 2 aromatic carbocycles. The van der Waals surface area contributed by atoms with Gasteiger partial charge in [-0.2, -0.15) is 0 Å². The number of aromatic nitrogens is 2. The SMILES string of the molecule is CC(C)(C)N1Cc2ccccc2-c2ncn(C(C)(C)C)c2-c2ccccc21. The maximum Gasteiger partial charge on any atom is 0.0967 e. The van der Waals surface area contributed by atoms with E-state index in [9.17, 15) is 0 Å². The van der Waals surface area contributed by atoms with Crippen molar-refractivity contribution in [2.75, 3.05) is 4.90 Å². The lowest BCUT2D eigenvalue weighted by molar-refractivity contribution is 0.400. The van der Waals surface area contributed by atoms with Crippen molar-refractivity contribution < 1.29 is 0 Å². The zero-order chi connectivity index (χ0) is 19.4. The van der Waals surface area contributed by atoms with Gasteiger partial charge in [-0.1, -0.05) is 42.5 Å². The monoisotopic (exact) mass is 359 g/mol. The lowest BCUT2D eigenvalue weighted by Gasteiger charge is -2.41. The number of benzene rings is 2. The van der Waals surface area contributed by atoms with Gasteiger partial charge in [0.25, 0.3) is 0 Å². The summed E-state index contributed by atoms with van der Waals surface area (Å²) < 4.78 is 2.32. The number of fused-ring (bicyclic) bond motifs is 5. The molecule has 4 rings (SSSR count). The van der Waals surface area contributed by atoms with Crippen LogP contribution < -0.4 is 4.90 Å². The number of hydrogen-bond donors (Lipinski definition) is 0. The minimum absolute atomic E-state index is 0.00724. The van der Waals surface area contributed by atoms with Crippen LogP contribution in [-0.2, 0) is 12.1 Å². The Bertz CT molecular complexity index is 983. The van der Waals surface area contributed by atoms with Gasteiger partial charge in [-0.3, -0.25) is 0 Å². The van der Waals surface area contributed by atoms with Crippen LogP contribution in [0.2, 0.25) is 0 Å². The molecule has 27 heavy (non-hydrogen) atoms. The summed E-state index contributed by atoms with van der Waals surface area (Å²) in [5.74, 6) is 0. The first-order valence-electron chi connectivity index (χ1n) is 9.71. The second-order valence-corrected chi connectivity index (χ2v) is 9.41. The Morgan fingerprint density at radius 1 is 0.778 bits per heavy atom. The molecule has 0 aliphatic carbocycles. The van der Waals surface area contributed by atoms with E-state index in [1.54, 1.807) is 0 Å². The van der Waals surface area contributed by atoms with Crippen molar-refractivity contribution >= 4 is 5.69 Å². The van der Waals surface area contributed by atoms with Crippen LogP contribution in [0.15, 0.2) is 54.9 Å². The minimum Gasteiger partial charge on any atom is -0.362 e. The Balaban J connectivity index is 2.12. The van der Waals surface area contributed by atoms with Gasteiger partial charge < -0.3 is 9.47 Å². The van der Waals surface area contributed by atoms with Gasteiger partial charge in [-0.25, -0.2) is 4.98 Å². The molecule has 0 unspecified atom stereocenters. The number of imidazole rings is 1. The maximum atomic E-state index is 4.90. The first-order valence-corrected chi connectivity index (χ1v) is 9.71. The number of hydrogen-bond acceptors (Lipinski definition) is 2. The van der Waals surface area contributed by atoms with E-state index < -0.39 is 0 Å². The lowest BCUT2D eigenvalue weighted by atomic mass is 9.92. The molecule has 0 saturated carbocycles. The average molecular weight is 360 g/mol. The Labute approximate surface area is 162 Å². The summed E-state index contributed by atoms with van der Waals surface area (Å²) >= 11 is 0. The van der Waals surface area contributed by atoms with Crippen LogP contribution in [0.3, 0.4) is 0 Å². The normalized spacial score (nSPS) is 14.1. The highest BCUT2D eigenvalue weighted by Crippen LogP contribution is 2.44. The standard InChI is InChI=1S/C24H29N3/c1-23(2,3)26-15-17-11-7-8-12-18(17)21-22(19-13-9-10-14-20(19)26)27(16-25-21)24(4,5)6/h7-14,16H,15H2,1-6H3. The summed E-state index contributed by atoms with van der Waals surface area (Å²) in [5.41, 5.74) is 7.33. The van der Waals surface area contributed by atoms with E-state index in [2.05, 4.69) is 99.5 Å². The first kappa shape index (κ1) is 17.8. The highest BCUT2D eigenvalue weighted by Gasteiger charge is 2.32. The van der Waals surface area contributed by atoms with Crippen LogP contribution in [0.4, 0.5) is 5.69 Å². The van der Waals surface area contributed by atoms with Crippen molar-refractivity contribution in [3.05, 3.63) is 60.4 Å². The van der Waals surface area contributed by atoms with Crippen molar-refractivity contribution in [2.45, 2.75) is 59.2 Å². The molecule has 140 valence electrons. The molecule has 0 N–H and O–H groups in total. The van der Waals surface area contributed by atoms with Crippen molar-refractivity contribution in [3.63, 3.8) is 0 Å². The summed E-state index contributed by atoms with van der Waals surface area (Å²) in [4.78, 5) is 7.41. The molecular formula is C24H29N3. The molecule has 0 radical (unpaired) electrons. The number of nitrogens with zero attached hydrogens (tertiary/aromatic N) is 3. The lowest BCUT2D eigenvalue weighted by Crippen LogP contribution is -2.41. The topological polar surface area (TPSA) is 21.1 Å². The van der Waals surface area contributed by atoms with Crippen molar-refractivity contribution in [3.8, 4) is 22.5 Å². The van der Waals surface area contributed by atoms with Crippen LogP contribution >= 0.6 is 0 Å². The van der Waals surface area contributed by atoms with E-state index in [0.29, 0.717) is 0 Å². The molecule has 0 atom stereocenters. The smallest absolute Gasteiger partial charge is 0.0967 e. The van der Waals surface area contributed by atoms with E-state index in [1.807, 2.05) is 6.33 Å². The third-order valence-corrected chi connectivity index (χ3v) is 5.35. The Morgan fingerprint density at radius 2 is 1.41 bits per heavy atom. The molecule has 3 aromatic rings. The summed E-state index contributed by atoms with van der Waals surface area (Å²) in [6, 6.07) is 17.5. The molecule has 1 aliphatic rings. The van der Waals surface area contributed by atoms with Gasteiger partial charge in [0, 0.05) is 34.4 Å². The number of anilines is 1. The van der Waals surface area contributed by atoms with Crippen LogP contribution in [0.5, 0.6) is 0 Å². The fourth-order valence-corrected chi connectivity index (χ4v) is 3.96. The molecule has 2 heterocycles. The third-order valence-electron chi connectivity index (χ3n) is 5.35. The molecule has 0 saturated heterocycles. The van der Waals surface area contributed by atoms with Gasteiger partial charge in [-0.15, -0.1) is 0 Å². The van der Waals surface area contributed by atoms with Gasteiger partial charge in [-0.05, 0) is 53.2 Å². The molecule has 3 nitrogen and oxygen atoms in total. The van der Waals surface area contributed by atoms with Crippen molar-refractivity contribution in [1.29, 1.82) is 0 Å². The number of rotatable bonds is 0. The van der Waals surface area contributed by atoms with Crippen LogP contribution in [0, 0.1) is 0 Å². The number of para-hydroxylation sites is 1. The molecule has 0 spiro atoms. The molecule has 1 aromatic heterocycles. The van der Waals surface area contributed by atoms with Gasteiger partial charge in [0.1, 0.15) is 0 Å². The van der Waals surface area contributed by atoms with E-state index in [0.717, 1.165) is 12.2 Å². The van der Waals surface area contributed by atoms with Gasteiger partial charge in [0.05, 0.1) is 17.7 Å². The molecular weight excluding hydrogens is 330 g/mol. The van der Waals surface area contributed by atoms with Crippen LogP contribution in [0.25, 0.3) is 22.5 Å². The van der Waals surface area contributed by atoms with Crippen molar-refractivity contribution in [2.24, 2.45) is 0 Å². The van der Waals surface area contributed by atoms with Crippen LogP contribution in [0.1, 0.15) is 47.1 Å². The fourth-order valence-electron chi connectivity index (χ4n) is 3.96. The van der Waals surface area contributed by atoms with Gasteiger partial charge in [0.15, 0.2) is 0 Å². The quantitative estimate of drug-likeness (QED) is 0.484. The maximum absolute atomic E-state index is 4.90.